The highest BCUT2D eigenvalue weighted by Gasteiger charge is 2.22. The quantitative estimate of drug-likeness (QED) is 0.742. The Balaban J connectivity index is 1.73. The molecule has 1 fully saturated rings. The van der Waals surface area contributed by atoms with E-state index in [1.807, 2.05) is 24.3 Å². The molecule has 0 bridgehead atoms. The van der Waals surface area contributed by atoms with Crippen molar-refractivity contribution in [2.24, 2.45) is 11.8 Å². The lowest BCUT2D eigenvalue weighted by Crippen LogP contribution is -2.38. The van der Waals surface area contributed by atoms with Gasteiger partial charge in [0.05, 0.1) is 0 Å². The summed E-state index contributed by atoms with van der Waals surface area (Å²) >= 11 is 3.39. The number of nitrogens with zero attached hydrogens (tertiary/aromatic N) is 1. The van der Waals surface area contributed by atoms with Crippen LogP contribution in [0.1, 0.15) is 43.5 Å². The van der Waals surface area contributed by atoms with Gasteiger partial charge in [-0.2, -0.15) is 0 Å². The fourth-order valence-electron chi connectivity index (χ4n) is 2.80. The van der Waals surface area contributed by atoms with Gasteiger partial charge in [-0.05, 0) is 49.9 Å². The van der Waals surface area contributed by atoms with Gasteiger partial charge >= 0.3 is 0 Å². The molecule has 1 saturated heterocycles. The molecule has 0 amide bonds. The molecular weight excluding hydrogens is 314 g/mol. The van der Waals surface area contributed by atoms with Crippen LogP contribution in [0.15, 0.2) is 28.7 Å². The first-order valence-corrected chi connectivity index (χ1v) is 8.36. The Hall–Kier alpha value is -0.670. The summed E-state index contributed by atoms with van der Waals surface area (Å²) in [7, 11) is 0. The van der Waals surface area contributed by atoms with E-state index in [4.69, 9.17) is 0 Å². The SMILES string of the molecule is CC1CCN(CCCC(=O)c2ccc(Br)cc2)CC1C. The van der Waals surface area contributed by atoms with Gasteiger partial charge < -0.3 is 4.90 Å². The molecule has 2 nitrogen and oxygen atoms in total. The van der Waals surface area contributed by atoms with E-state index in [9.17, 15) is 4.79 Å². The van der Waals surface area contributed by atoms with Gasteiger partial charge in [-0.3, -0.25) is 4.79 Å². The molecule has 20 heavy (non-hydrogen) atoms. The lowest BCUT2D eigenvalue weighted by Gasteiger charge is -2.35. The van der Waals surface area contributed by atoms with Gasteiger partial charge in [-0.25, -0.2) is 0 Å². The zero-order chi connectivity index (χ0) is 14.5. The van der Waals surface area contributed by atoms with E-state index in [2.05, 4.69) is 34.7 Å². The van der Waals surface area contributed by atoms with Gasteiger partial charge in [0, 0.05) is 23.0 Å². The number of carbonyl (C=O) groups excluding carboxylic acids is 1. The minimum atomic E-state index is 0.260. The smallest absolute Gasteiger partial charge is 0.162 e. The van der Waals surface area contributed by atoms with Crippen LogP contribution in [0.2, 0.25) is 0 Å². The number of Topliss-reactive ketones (excluding diaryl/α,β-unsaturated/α-hetero) is 1. The molecule has 1 aromatic rings. The summed E-state index contributed by atoms with van der Waals surface area (Å²) in [5.74, 6) is 1.89. The Bertz CT molecular complexity index is 443. The molecule has 3 heteroatoms. The van der Waals surface area contributed by atoms with Crippen molar-refractivity contribution >= 4 is 21.7 Å². The number of likely N-dealkylation sites (tertiary alicyclic amines) is 1. The van der Waals surface area contributed by atoms with Gasteiger partial charge in [0.2, 0.25) is 0 Å². The molecule has 0 aliphatic carbocycles. The third-order valence-corrected chi connectivity index (χ3v) is 4.99. The molecule has 0 aromatic heterocycles. The lowest BCUT2D eigenvalue weighted by molar-refractivity contribution is 0.0961. The highest BCUT2D eigenvalue weighted by molar-refractivity contribution is 9.10. The van der Waals surface area contributed by atoms with E-state index in [1.165, 1.54) is 19.5 Å². The van der Waals surface area contributed by atoms with Crippen LogP contribution in [0, 0.1) is 11.8 Å². The van der Waals surface area contributed by atoms with Crippen LogP contribution >= 0.6 is 15.9 Å². The Morgan fingerprint density at radius 3 is 2.60 bits per heavy atom. The van der Waals surface area contributed by atoms with Crippen molar-refractivity contribution in [2.45, 2.75) is 33.1 Å². The third kappa shape index (κ3) is 4.42. The van der Waals surface area contributed by atoms with Gasteiger partial charge in [0.1, 0.15) is 0 Å². The van der Waals surface area contributed by atoms with Crippen molar-refractivity contribution in [1.82, 2.24) is 4.90 Å². The van der Waals surface area contributed by atoms with E-state index in [1.54, 1.807) is 0 Å². The minimum Gasteiger partial charge on any atom is -0.303 e. The molecule has 1 heterocycles. The lowest BCUT2D eigenvalue weighted by atomic mass is 9.88. The molecule has 1 aromatic carbocycles. The summed E-state index contributed by atoms with van der Waals surface area (Å²) in [5, 5.41) is 0. The van der Waals surface area contributed by atoms with Gasteiger partial charge in [0.25, 0.3) is 0 Å². The fraction of sp³-hybridized carbons (Fsp3) is 0.588. The Morgan fingerprint density at radius 1 is 1.25 bits per heavy atom. The molecule has 1 aliphatic heterocycles. The number of piperidine rings is 1. The first-order chi connectivity index (χ1) is 9.56. The standard InChI is InChI=1S/C17H24BrNO/c1-13-9-11-19(12-14(13)2)10-3-4-17(20)15-5-7-16(18)8-6-15/h5-8,13-14H,3-4,9-12H2,1-2H3. The number of ketones is 1. The van der Waals surface area contributed by atoms with E-state index in [0.29, 0.717) is 6.42 Å². The van der Waals surface area contributed by atoms with Crippen molar-refractivity contribution in [3.63, 3.8) is 0 Å². The summed E-state index contributed by atoms with van der Waals surface area (Å²) < 4.78 is 1.02. The van der Waals surface area contributed by atoms with E-state index < -0.39 is 0 Å². The number of carbonyl (C=O) groups is 1. The molecule has 2 unspecified atom stereocenters. The average Bonchev–Trinajstić information content (AvgIpc) is 2.43. The van der Waals surface area contributed by atoms with Crippen LogP contribution in [0.5, 0.6) is 0 Å². The number of rotatable bonds is 5. The van der Waals surface area contributed by atoms with Crippen molar-refractivity contribution < 1.29 is 4.79 Å². The fourth-order valence-corrected chi connectivity index (χ4v) is 3.06. The molecule has 110 valence electrons. The van der Waals surface area contributed by atoms with Crippen LogP contribution in [0.3, 0.4) is 0 Å². The zero-order valence-electron chi connectivity index (χ0n) is 12.4. The molecule has 1 aliphatic rings. The minimum absolute atomic E-state index is 0.260. The number of benzene rings is 1. The van der Waals surface area contributed by atoms with Crippen LogP contribution in [-0.4, -0.2) is 30.3 Å². The predicted molar refractivity (Wildman–Crippen MR) is 87.1 cm³/mol. The summed E-state index contributed by atoms with van der Waals surface area (Å²) in [5.41, 5.74) is 0.828. The Labute approximate surface area is 130 Å². The van der Waals surface area contributed by atoms with Crippen molar-refractivity contribution in [1.29, 1.82) is 0 Å². The monoisotopic (exact) mass is 337 g/mol. The molecule has 2 atom stereocenters. The van der Waals surface area contributed by atoms with Crippen LogP contribution < -0.4 is 0 Å². The largest absolute Gasteiger partial charge is 0.303 e. The first-order valence-electron chi connectivity index (χ1n) is 7.57. The summed E-state index contributed by atoms with van der Waals surface area (Å²) in [4.78, 5) is 14.6. The van der Waals surface area contributed by atoms with Crippen molar-refractivity contribution in [2.75, 3.05) is 19.6 Å². The van der Waals surface area contributed by atoms with Gasteiger partial charge in [0.15, 0.2) is 5.78 Å². The second-order valence-electron chi connectivity index (χ2n) is 6.08. The molecule has 0 spiro atoms. The zero-order valence-corrected chi connectivity index (χ0v) is 14.0. The molecule has 0 N–H and O–H groups in total. The Kier molecular flexibility index (Phi) is 5.79. The van der Waals surface area contributed by atoms with Gasteiger partial charge in [-0.15, -0.1) is 0 Å². The summed E-state index contributed by atoms with van der Waals surface area (Å²) in [6.07, 6.45) is 2.92. The molecule has 2 rings (SSSR count). The topological polar surface area (TPSA) is 20.3 Å². The van der Waals surface area contributed by atoms with E-state index in [-0.39, 0.29) is 5.78 Å². The first kappa shape index (κ1) is 15.7. The second kappa shape index (κ2) is 7.37. The van der Waals surface area contributed by atoms with Crippen LogP contribution in [-0.2, 0) is 0 Å². The molecule has 0 radical (unpaired) electrons. The second-order valence-corrected chi connectivity index (χ2v) is 6.99. The highest BCUT2D eigenvalue weighted by Crippen LogP contribution is 2.22. The van der Waals surface area contributed by atoms with Crippen molar-refractivity contribution in [3.8, 4) is 0 Å². The number of halogens is 1. The van der Waals surface area contributed by atoms with Crippen LogP contribution in [0.4, 0.5) is 0 Å². The molecule has 0 saturated carbocycles. The van der Waals surface area contributed by atoms with E-state index in [0.717, 1.165) is 34.8 Å². The summed E-state index contributed by atoms with van der Waals surface area (Å²) in [6, 6.07) is 7.66. The maximum absolute atomic E-state index is 12.1. The van der Waals surface area contributed by atoms with Gasteiger partial charge in [-0.1, -0.05) is 41.9 Å². The predicted octanol–water partition coefficient (Wildman–Crippen LogP) is 4.39. The third-order valence-electron chi connectivity index (χ3n) is 4.46. The Morgan fingerprint density at radius 2 is 1.95 bits per heavy atom. The highest BCUT2D eigenvalue weighted by atomic mass is 79.9. The number of hydrogen-bond acceptors (Lipinski definition) is 2. The van der Waals surface area contributed by atoms with E-state index >= 15 is 0 Å². The van der Waals surface area contributed by atoms with Crippen LogP contribution in [0.25, 0.3) is 0 Å². The average molecular weight is 338 g/mol. The maximum atomic E-state index is 12.1. The number of hydrogen-bond donors (Lipinski definition) is 0. The van der Waals surface area contributed by atoms with Crippen molar-refractivity contribution in [3.05, 3.63) is 34.3 Å². The molecular formula is C17H24BrNO. The maximum Gasteiger partial charge on any atom is 0.162 e. The normalized spacial score (nSPS) is 23.8. The summed E-state index contributed by atoms with van der Waals surface area (Å²) in [6.45, 7) is 8.12.